The molecule has 1 fully saturated rings. The van der Waals surface area contributed by atoms with Crippen molar-refractivity contribution in [3.05, 3.63) is 29.8 Å². The van der Waals surface area contributed by atoms with Crippen molar-refractivity contribution in [1.29, 1.82) is 0 Å². The Balaban J connectivity index is 2.12. The monoisotopic (exact) mass is 248 g/mol. The topological polar surface area (TPSA) is 17.1 Å². The lowest BCUT2D eigenvalue weighted by atomic mass is 9.59. The van der Waals surface area contributed by atoms with Crippen molar-refractivity contribution in [2.45, 2.75) is 50.2 Å². The van der Waals surface area contributed by atoms with Crippen molar-refractivity contribution in [3.8, 4) is 0 Å². The van der Waals surface area contributed by atoms with Crippen molar-refractivity contribution in [2.24, 2.45) is 5.41 Å². The zero-order chi connectivity index (χ0) is 12.6. The van der Waals surface area contributed by atoms with E-state index in [9.17, 15) is 4.79 Å². The molecule has 1 aromatic rings. The van der Waals surface area contributed by atoms with Gasteiger partial charge >= 0.3 is 0 Å². The zero-order valence-corrected chi connectivity index (χ0v) is 11.8. The van der Waals surface area contributed by atoms with Crippen molar-refractivity contribution in [1.82, 2.24) is 0 Å². The second kappa shape index (κ2) is 4.49. The molecule has 1 saturated carbocycles. The summed E-state index contributed by atoms with van der Waals surface area (Å²) in [5, 5.41) is 0.613. The van der Waals surface area contributed by atoms with Crippen LogP contribution in [0.25, 0.3) is 0 Å². The summed E-state index contributed by atoms with van der Waals surface area (Å²) in [7, 11) is 0. The molecule has 2 rings (SSSR count). The van der Waals surface area contributed by atoms with Gasteiger partial charge in [-0.3, -0.25) is 4.79 Å². The van der Waals surface area contributed by atoms with Crippen molar-refractivity contribution < 1.29 is 4.79 Å². The van der Waals surface area contributed by atoms with E-state index < -0.39 is 0 Å². The maximum atomic E-state index is 11.5. The third-order valence-corrected chi connectivity index (χ3v) is 4.65. The minimum atomic E-state index is -0.160. The fraction of sp³-hybridized carbons (Fsp3) is 0.533. The summed E-state index contributed by atoms with van der Waals surface area (Å²) in [6, 6.07) is 8.73. The molecule has 1 aliphatic rings. The van der Waals surface area contributed by atoms with Crippen LogP contribution < -0.4 is 0 Å². The van der Waals surface area contributed by atoms with Gasteiger partial charge < -0.3 is 0 Å². The van der Waals surface area contributed by atoms with Gasteiger partial charge in [0, 0.05) is 27.9 Å². The highest BCUT2D eigenvalue weighted by Crippen LogP contribution is 2.49. The Bertz CT molecular complexity index is 417. The first-order chi connectivity index (χ1) is 7.91. The Kier molecular flexibility index (Phi) is 3.35. The number of thioether (sulfide) groups is 1. The number of hydrogen-bond acceptors (Lipinski definition) is 2. The third-order valence-electron chi connectivity index (χ3n) is 3.63. The molecule has 0 N–H and O–H groups in total. The Hall–Kier alpha value is -0.760. The molecule has 0 saturated heterocycles. The lowest BCUT2D eigenvalue weighted by Gasteiger charge is -2.42. The molecule has 0 spiro atoms. The van der Waals surface area contributed by atoms with Crippen LogP contribution >= 0.6 is 11.8 Å². The van der Waals surface area contributed by atoms with Crippen LogP contribution in [0.15, 0.2) is 29.2 Å². The molecular formula is C15H20OS. The Morgan fingerprint density at radius 1 is 1.24 bits per heavy atom. The normalized spacial score (nSPS) is 22.6. The first-order valence-corrected chi connectivity index (χ1v) is 7.09. The van der Waals surface area contributed by atoms with Crippen LogP contribution in [-0.4, -0.2) is 11.0 Å². The van der Waals surface area contributed by atoms with Gasteiger partial charge in [-0.15, -0.1) is 11.8 Å². The Morgan fingerprint density at radius 3 is 2.24 bits per heavy atom. The van der Waals surface area contributed by atoms with Gasteiger partial charge in [-0.05, 0) is 17.7 Å². The largest absolute Gasteiger partial charge is 0.299 e. The average Bonchev–Trinajstić information content (AvgIpc) is 2.26. The van der Waals surface area contributed by atoms with Crippen molar-refractivity contribution in [2.75, 3.05) is 0 Å². The van der Waals surface area contributed by atoms with E-state index in [0.717, 1.165) is 0 Å². The van der Waals surface area contributed by atoms with Gasteiger partial charge in [-0.25, -0.2) is 0 Å². The van der Waals surface area contributed by atoms with Crippen LogP contribution in [0.4, 0.5) is 0 Å². The van der Waals surface area contributed by atoms with Gasteiger partial charge in [0.1, 0.15) is 5.78 Å². The molecule has 92 valence electrons. The number of ketones is 1. The molecule has 0 aromatic heterocycles. The van der Waals surface area contributed by atoms with E-state index in [4.69, 9.17) is 0 Å². The van der Waals surface area contributed by atoms with Crippen molar-refractivity contribution in [3.63, 3.8) is 0 Å². The summed E-state index contributed by atoms with van der Waals surface area (Å²) >= 11 is 1.88. The number of hydrogen-bond donors (Lipinski definition) is 0. The van der Waals surface area contributed by atoms with E-state index in [1.807, 2.05) is 11.8 Å². The van der Waals surface area contributed by atoms with E-state index in [1.165, 1.54) is 10.5 Å². The fourth-order valence-electron chi connectivity index (χ4n) is 2.35. The maximum Gasteiger partial charge on any atom is 0.139 e. The third kappa shape index (κ3) is 2.42. The Labute approximate surface area is 108 Å². The number of benzene rings is 1. The van der Waals surface area contributed by atoms with Crippen LogP contribution in [0.3, 0.4) is 0 Å². The standard InChI is InChI=1S/C15H20OS/c1-10(2)17-12-7-5-11(6-8-12)13-9-14(16)15(13,3)4/h5-8,10,13H,9H2,1-4H3. The molecule has 0 heterocycles. The fourth-order valence-corrected chi connectivity index (χ4v) is 3.19. The highest BCUT2D eigenvalue weighted by Gasteiger charge is 2.47. The van der Waals surface area contributed by atoms with Crippen LogP contribution in [0, 0.1) is 5.41 Å². The summed E-state index contributed by atoms with van der Waals surface area (Å²) < 4.78 is 0. The SMILES string of the molecule is CC(C)Sc1ccc(C2CC(=O)C2(C)C)cc1. The molecule has 0 bridgehead atoms. The number of carbonyl (C=O) groups is 1. The molecule has 0 aliphatic heterocycles. The summed E-state index contributed by atoms with van der Waals surface area (Å²) in [4.78, 5) is 12.9. The van der Waals surface area contributed by atoms with Gasteiger partial charge in [-0.1, -0.05) is 39.8 Å². The predicted molar refractivity (Wildman–Crippen MR) is 73.6 cm³/mol. The number of carbonyl (C=O) groups excluding carboxylic acids is 1. The molecule has 2 heteroatoms. The molecule has 1 unspecified atom stereocenters. The van der Waals surface area contributed by atoms with E-state index in [1.54, 1.807) is 0 Å². The molecule has 1 aliphatic carbocycles. The lowest BCUT2D eigenvalue weighted by Crippen LogP contribution is -2.43. The summed E-state index contributed by atoms with van der Waals surface area (Å²) in [5.41, 5.74) is 1.15. The van der Waals surface area contributed by atoms with Crippen LogP contribution in [-0.2, 0) is 4.79 Å². The predicted octanol–water partition coefficient (Wildman–Crippen LogP) is 4.27. The minimum Gasteiger partial charge on any atom is -0.299 e. The minimum absolute atomic E-state index is 0.160. The summed E-state index contributed by atoms with van der Waals surface area (Å²) in [6.07, 6.45) is 0.712. The first kappa shape index (κ1) is 12.7. The van der Waals surface area contributed by atoms with Gasteiger partial charge in [0.25, 0.3) is 0 Å². The highest BCUT2D eigenvalue weighted by molar-refractivity contribution is 7.99. The molecule has 0 amide bonds. The molecule has 1 aromatic carbocycles. The van der Waals surface area contributed by atoms with Gasteiger partial charge in [0.15, 0.2) is 0 Å². The number of rotatable bonds is 3. The van der Waals surface area contributed by atoms with Crippen LogP contribution in [0.2, 0.25) is 0 Å². The first-order valence-electron chi connectivity index (χ1n) is 6.21. The highest BCUT2D eigenvalue weighted by atomic mass is 32.2. The molecule has 1 nitrogen and oxygen atoms in total. The second-order valence-corrected chi connectivity index (χ2v) is 7.29. The van der Waals surface area contributed by atoms with E-state index in [-0.39, 0.29) is 5.41 Å². The van der Waals surface area contributed by atoms with E-state index >= 15 is 0 Å². The van der Waals surface area contributed by atoms with Crippen molar-refractivity contribution >= 4 is 17.5 Å². The van der Waals surface area contributed by atoms with E-state index in [2.05, 4.69) is 52.0 Å². The smallest absolute Gasteiger partial charge is 0.139 e. The second-order valence-electron chi connectivity index (χ2n) is 5.64. The molecule has 17 heavy (non-hydrogen) atoms. The summed E-state index contributed by atoms with van der Waals surface area (Å²) in [6.45, 7) is 8.51. The summed E-state index contributed by atoms with van der Waals surface area (Å²) in [5.74, 6) is 0.802. The quantitative estimate of drug-likeness (QED) is 0.743. The Morgan fingerprint density at radius 2 is 1.82 bits per heavy atom. The molecule has 0 radical (unpaired) electrons. The number of Topliss-reactive ketones (excluding diaryl/α,β-unsaturated/α-hetero) is 1. The zero-order valence-electron chi connectivity index (χ0n) is 11.0. The molecule has 1 atom stereocenters. The van der Waals surface area contributed by atoms with Crippen LogP contribution in [0.5, 0.6) is 0 Å². The van der Waals surface area contributed by atoms with Crippen LogP contribution in [0.1, 0.15) is 45.6 Å². The lowest BCUT2D eigenvalue weighted by molar-refractivity contribution is -0.137. The van der Waals surface area contributed by atoms with E-state index in [0.29, 0.717) is 23.4 Å². The van der Waals surface area contributed by atoms with Gasteiger partial charge in [0.2, 0.25) is 0 Å². The van der Waals surface area contributed by atoms with Gasteiger partial charge in [-0.2, -0.15) is 0 Å². The average molecular weight is 248 g/mol. The maximum absolute atomic E-state index is 11.5. The van der Waals surface area contributed by atoms with Gasteiger partial charge in [0.05, 0.1) is 0 Å². The molecular weight excluding hydrogens is 228 g/mol.